The highest BCUT2D eigenvalue weighted by atomic mass is 19.4. The van der Waals surface area contributed by atoms with Gasteiger partial charge in [0, 0.05) is 19.1 Å². The lowest BCUT2D eigenvalue weighted by molar-refractivity contribution is -0.153. The minimum Gasteiger partial charge on any atom is -0.484 e. The fourth-order valence-corrected chi connectivity index (χ4v) is 2.72. The number of hydrogen-bond acceptors (Lipinski definition) is 3. The molecule has 1 amide bonds. The van der Waals surface area contributed by atoms with Crippen LogP contribution in [0, 0.1) is 5.92 Å². The van der Waals surface area contributed by atoms with Crippen LogP contribution in [-0.4, -0.2) is 36.2 Å². The van der Waals surface area contributed by atoms with Crippen LogP contribution in [0.25, 0.3) is 0 Å². The van der Waals surface area contributed by atoms with E-state index in [-0.39, 0.29) is 17.6 Å². The third-order valence-corrected chi connectivity index (χ3v) is 4.13. The summed E-state index contributed by atoms with van der Waals surface area (Å²) in [6, 6.07) is 6.88. The maximum absolute atomic E-state index is 12.1. The van der Waals surface area contributed by atoms with Gasteiger partial charge in [-0.25, -0.2) is 0 Å². The Labute approximate surface area is 133 Å². The second-order valence-electron chi connectivity index (χ2n) is 6.00. The van der Waals surface area contributed by atoms with Crippen LogP contribution in [-0.2, 0) is 11.3 Å². The van der Waals surface area contributed by atoms with Gasteiger partial charge < -0.3 is 10.5 Å². The Balaban J connectivity index is 1.93. The summed E-state index contributed by atoms with van der Waals surface area (Å²) in [7, 11) is 0. The van der Waals surface area contributed by atoms with Crippen LogP contribution in [0.5, 0.6) is 5.75 Å². The van der Waals surface area contributed by atoms with Gasteiger partial charge in [-0.1, -0.05) is 12.1 Å². The molecule has 1 saturated heterocycles. The Kier molecular flexibility index (Phi) is 5.51. The lowest BCUT2D eigenvalue weighted by atomic mass is 9.92. The predicted octanol–water partition coefficient (Wildman–Crippen LogP) is 2.71. The van der Waals surface area contributed by atoms with Crippen LogP contribution in [0.3, 0.4) is 0 Å². The molecule has 2 rings (SSSR count). The van der Waals surface area contributed by atoms with Gasteiger partial charge in [-0.15, -0.1) is 0 Å². The van der Waals surface area contributed by atoms with E-state index in [1.54, 1.807) is 12.1 Å². The molecule has 0 bridgehead atoms. The van der Waals surface area contributed by atoms with E-state index in [4.69, 9.17) is 5.73 Å². The first kappa shape index (κ1) is 17.6. The highest BCUT2D eigenvalue weighted by Gasteiger charge is 2.29. The number of hydrogen-bond donors (Lipinski definition) is 1. The quantitative estimate of drug-likeness (QED) is 0.903. The Hall–Kier alpha value is -1.76. The predicted molar refractivity (Wildman–Crippen MR) is 79.8 cm³/mol. The Morgan fingerprint density at radius 3 is 2.52 bits per heavy atom. The van der Waals surface area contributed by atoms with Crippen molar-refractivity contribution in [3.8, 4) is 5.75 Å². The van der Waals surface area contributed by atoms with Crippen LogP contribution in [0.1, 0.15) is 25.3 Å². The van der Waals surface area contributed by atoms with Crippen LogP contribution in [0.4, 0.5) is 13.2 Å². The summed E-state index contributed by atoms with van der Waals surface area (Å²) in [6.45, 7) is 2.04. The van der Waals surface area contributed by atoms with Crippen molar-refractivity contribution in [2.24, 2.45) is 11.7 Å². The molecule has 4 nitrogen and oxygen atoms in total. The lowest BCUT2D eigenvalue weighted by Crippen LogP contribution is -2.45. The van der Waals surface area contributed by atoms with Crippen LogP contribution >= 0.6 is 0 Å². The number of carbonyl (C=O) groups excluding carboxylic acids is 1. The smallest absolute Gasteiger partial charge is 0.422 e. The molecule has 2 atom stereocenters. The van der Waals surface area contributed by atoms with Crippen molar-refractivity contribution in [1.82, 2.24) is 4.90 Å². The summed E-state index contributed by atoms with van der Waals surface area (Å²) in [5.74, 6) is -0.230. The first-order valence-corrected chi connectivity index (χ1v) is 7.56. The number of likely N-dealkylation sites (tertiary alicyclic amines) is 1. The minimum absolute atomic E-state index is 0.138. The normalized spacial score (nSPS) is 22.8. The van der Waals surface area contributed by atoms with Gasteiger partial charge in [-0.3, -0.25) is 9.69 Å². The number of alkyl halides is 3. The molecular weight excluding hydrogens is 309 g/mol. The molecule has 0 radical (unpaired) electrons. The van der Waals surface area contributed by atoms with Gasteiger partial charge in [-0.05, 0) is 37.5 Å². The SMILES string of the molecule is C[C@H]1CC[C@@H](C(N)=O)CN1Cc1ccc(OCC(F)(F)F)cc1. The second-order valence-corrected chi connectivity index (χ2v) is 6.00. The Morgan fingerprint density at radius 1 is 1.30 bits per heavy atom. The van der Waals surface area contributed by atoms with E-state index in [2.05, 4.69) is 16.6 Å². The zero-order chi connectivity index (χ0) is 17.0. The zero-order valence-corrected chi connectivity index (χ0v) is 13.0. The van der Waals surface area contributed by atoms with Gasteiger partial charge in [0.25, 0.3) is 0 Å². The third-order valence-electron chi connectivity index (χ3n) is 4.13. The molecular formula is C16H21F3N2O2. The van der Waals surface area contributed by atoms with E-state index in [0.717, 1.165) is 18.4 Å². The van der Waals surface area contributed by atoms with E-state index >= 15 is 0 Å². The number of benzene rings is 1. The van der Waals surface area contributed by atoms with E-state index in [0.29, 0.717) is 19.1 Å². The molecule has 1 aromatic carbocycles. The average Bonchev–Trinajstić information content (AvgIpc) is 2.48. The number of rotatable bonds is 5. The molecule has 1 aliphatic rings. The third kappa shape index (κ3) is 5.42. The maximum Gasteiger partial charge on any atom is 0.422 e. The molecule has 7 heteroatoms. The molecule has 1 aliphatic heterocycles. The molecule has 0 spiro atoms. The summed E-state index contributed by atoms with van der Waals surface area (Å²) in [5, 5.41) is 0. The Bertz CT molecular complexity index is 531. The number of primary amides is 1. The fraction of sp³-hybridized carbons (Fsp3) is 0.562. The molecule has 1 aromatic rings. The van der Waals surface area contributed by atoms with Gasteiger partial charge in [0.15, 0.2) is 6.61 Å². The number of piperidine rings is 1. The van der Waals surface area contributed by atoms with Gasteiger partial charge in [0.2, 0.25) is 5.91 Å². The van der Waals surface area contributed by atoms with Crippen LogP contribution in [0.15, 0.2) is 24.3 Å². The van der Waals surface area contributed by atoms with Crippen molar-refractivity contribution in [3.05, 3.63) is 29.8 Å². The summed E-state index contributed by atoms with van der Waals surface area (Å²) in [5.41, 5.74) is 6.34. The number of ether oxygens (including phenoxy) is 1. The molecule has 2 N–H and O–H groups in total. The molecule has 1 heterocycles. The second kappa shape index (κ2) is 7.21. The van der Waals surface area contributed by atoms with Crippen LogP contribution < -0.4 is 10.5 Å². The molecule has 0 aromatic heterocycles. The zero-order valence-electron chi connectivity index (χ0n) is 13.0. The van der Waals surface area contributed by atoms with E-state index in [1.165, 1.54) is 12.1 Å². The van der Waals surface area contributed by atoms with Gasteiger partial charge in [-0.2, -0.15) is 13.2 Å². The summed E-state index contributed by atoms with van der Waals surface area (Å²) in [6.07, 6.45) is -2.64. The summed E-state index contributed by atoms with van der Waals surface area (Å²) >= 11 is 0. The maximum atomic E-state index is 12.1. The summed E-state index contributed by atoms with van der Waals surface area (Å²) < 4.78 is 41.0. The van der Waals surface area contributed by atoms with Gasteiger partial charge >= 0.3 is 6.18 Å². The molecule has 128 valence electrons. The number of amides is 1. The van der Waals surface area contributed by atoms with Crippen LogP contribution in [0.2, 0.25) is 0 Å². The standard InChI is InChI=1S/C16H21F3N2O2/c1-11-2-5-13(15(20)22)9-21(11)8-12-3-6-14(7-4-12)23-10-16(17,18)19/h3-4,6-7,11,13H,2,5,8-10H2,1H3,(H2,20,22)/t11-,13+/m0/s1. The van der Waals surface area contributed by atoms with Gasteiger partial charge in [0.05, 0.1) is 5.92 Å². The van der Waals surface area contributed by atoms with E-state index in [1.807, 2.05) is 0 Å². The fourth-order valence-electron chi connectivity index (χ4n) is 2.72. The molecule has 0 unspecified atom stereocenters. The average molecular weight is 330 g/mol. The van der Waals surface area contributed by atoms with E-state index < -0.39 is 12.8 Å². The van der Waals surface area contributed by atoms with Crippen molar-refractivity contribution in [2.75, 3.05) is 13.2 Å². The minimum atomic E-state index is -4.34. The first-order chi connectivity index (χ1) is 10.7. The van der Waals surface area contributed by atoms with Crippen molar-refractivity contribution in [2.45, 2.75) is 38.5 Å². The van der Waals surface area contributed by atoms with Gasteiger partial charge in [0.1, 0.15) is 5.75 Å². The first-order valence-electron chi connectivity index (χ1n) is 7.56. The number of carbonyl (C=O) groups is 1. The highest BCUT2D eigenvalue weighted by molar-refractivity contribution is 5.76. The van der Waals surface area contributed by atoms with E-state index in [9.17, 15) is 18.0 Å². The topological polar surface area (TPSA) is 55.6 Å². The van der Waals surface area contributed by atoms with Crippen molar-refractivity contribution < 1.29 is 22.7 Å². The summed E-state index contributed by atoms with van der Waals surface area (Å²) in [4.78, 5) is 13.5. The largest absolute Gasteiger partial charge is 0.484 e. The number of halogens is 3. The molecule has 0 aliphatic carbocycles. The highest BCUT2D eigenvalue weighted by Crippen LogP contribution is 2.24. The molecule has 23 heavy (non-hydrogen) atoms. The Morgan fingerprint density at radius 2 is 1.96 bits per heavy atom. The monoisotopic (exact) mass is 330 g/mol. The van der Waals surface area contributed by atoms with Crippen molar-refractivity contribution in [1.29, 1.82) is 0 Å². The molecule has 1 fully saturated rings. The number of nitrogens with two attached hydrogens (primary N) is 1. The van der Waals surface area contributed by atoms with Crippen molar-refractivity contribution >= 4 is 5.91 Å². The number of nitrogens with zero attached hydrogens (tertiary/aromatic N) is 1. The molecule has 0 saturated carbocycles. The van der Waals surface area contributed by atoms with Crippen molar-refractivity contribution in [3.63, 3.8) is 0 Å². The lowest BCUT2D eigenvalue weighted by Gasteiger charge is -2.36.